The summed E-state index contributed by atoms with van der Waals surface area (Å²) in [5.74, 6) is 1.04. The highest BCUT2D eigenvalue weighted by Gasteiger charge is 2.12. The fourth-order valence-electron chi connectivity index (χ4n) is 1.85. The van der Waals surface area contributed by atoms with E-state index in [1.165, 1.54) is 4.68 Å². The van der Waals surface area contributed by atoms with E-state index >= 15 is 0 Å². The number of nitrogens with zero attached hydrogens (tertiary/aromatic N) is 4. The van der Waals surface area contributed by atoms with Gasteiger partial charge >= 0.3 is 16.6 Å². The summed E-state index contributed by atoms with van der Waals surface area (Å²) >= 11 is 2.18. The summed E-state index contributed by atoms with van der Waals surface area (Å²) in [5.41, 5.74) is 1.26. The largest absolute Gasteiger partial charge is 0.650 e. The van der Waals surface area contributed by atoms with Crippen LogP contribution in [0.3, 0.4) is 0 Å². The van der Waals surface area contributed by atoms with Gasteiger partial charge in [0, 0.05) is 6.20 Å². The molecule has 98 valence electrons. The van der Waals surface area contributed by atoms with Crippen LogP contribution >= 0.6 is 0 Å². The van der Waals surface area contributed by atoms with Crippen LogP contribution in [0.4, 0.5) is 4.39 Å². The molecule has 3 aromatic rings. The molecular weight excluding hydrogens is 274 g/mol. The summed E-state index contributed by atoms with van der Waals surface area (Å²) in [7, 11) is 0. The number of alkyl halides is 1. The van der Waals surface area contributed by atoms with Crippen LogP contribution in [0.15, 0.2) is 48.8 Å². The summed E-state index contributed by atoms with van der Waals surface area (Å²) in [6.45, 7) is -0.608. The van der Waals surface area contributed by atoms with Crippen molar-refractivity contribution in [2.24, 2.45) is 0 Å². The number of para-hydroxylation sites is 1. The standard InChI is InChI=1S/C13H11FN4O.Al/c14-8-10-6-7-17(15-10)13-12(19)9-18(16-13)11-4-2-1-3-5-11;/h1-7,9,19H,8H2;/q;+1/p-1. The molecule has 2 radical (unpaired) electrons. The van der Waals surface area contributed by atoms with Crippen molar-refractivity contribution in [3.8, 4) is 17.3 Å². The van der Waals surface area contributed by atoms with E-state index in [0.717, 1.165) is 5.69 Å². The van der Waals surface area contributed by atoms with Gasteiger partial charge in [0.1, 0.15) is 12.4 Å². The Hall–Kier alpha value is -2.10. The van der Waals surface area contributed by atoms with E-state index < -0.39 is 6.67 Å². The fraction of sp³-hybridized carbons (Fsp3) is 0.0769. The van der Waals surface area contributed by atoms with Crippen LogP contribution in [0, 0.1) is 0 Å². The second-order valence-electron chi connectivity index (χ2n) is 4.10. The summed E-state index contributed by atoms with van der Waals surface area (Å²) in [4.78, 5) is 0. The maximum atomic E-state index is 12.6. The number of hydrogen-bond acceptors (Lipinski definition) is 3. The molecule has 3 rings (SSSR count). The molecule has 0 aliphatic rings. The van der Waals surface area contributed by atoms with Gasteiger partial charge in [0.15, 0.2) is 0 Å². The lowest BCUT2D eigenvalue weighted by molar-refractivity contribution is 0.472. The van der Waals surface area contributed by atoms with Crippen LogP contribution in [0.25, 0.3) is 11.5 Å². The molecule has 2 heterocycles. The molecule has 0 amide bonds. The van der Waals surface area contributed by atoms with Gasteiger partial charge in [-0.3, -0.25) is 0 Å². The Morgan fingerprint density at radius 3 is 2.55 bits per heavy atom. The topological polar surface area (TPSA) is 44.9 Å². The van der Waals surface area contributed by atoms with E-state index in [1.54, 1.807) is 23.1 Å². The maximum absolute atomic E-state index is 12.6. The second kappa shape index (κ2) is 5.49. The minimum Gasteiger partial charge on any atom is -0.650 e. The Labute approximate surface area is 123 Å². The van der Waals surface area contributed by atoms with Gasteiger partial charge in [-0.25, -0.2) is 13.8 Å². The molecule has 20 heavy (non-hydrogen) atoms. The molecule has 0 bridgehead atoms. The highest BCUT2D eigenvalue weighted by atomic mass is 27.1. The molecule has 1 aromatic carbocycles. The predicted molar refractivity (Wildman–Crippen MR) is 71.9 cm³/mol. The van der Waals surface area contributed by atoms with Crippen LogP contribution < -0.4 is 3.79 Å². The number of hydrogen-bond donors (Lipinski definition) is 0. The van der Waals surface area contributed by atoms with Gasteiger partial charge in [-0.15, -0.1) is 5.10 Å². The first kappa shape index (κ1) is 12.9. The molecule has 5 nitrogen and oxygen atoms in total. The van der Waals surface area contributed by atoms with Crippen LogP contribution in [0.5, 0.6) is 5.75 Å². The molecule has 0 aliphatic carbocycles. The maximum Gasteiger partial charge on any atom is 0.482 e. The van der Waals surface area contributed by atoms with Crippen molar-refractivity contribution in [3.05, 3.63) is 54.5 Å². The monoisotopic (exact) mass is 284 g/mol. The first-order valence-electron chi connectivity index (χ1n) is 5.94. The molecule has 0 N–H and O–H groups in total. The van der Waals surface area contributed by atoms with E-state index in [-0.39, 0.29) is 0 Å². The third-order valence-corrected chi connectivity index (χ3v) is 3.06. The predicted octanol–water partition coefficient (Wildman–Crippen LogP) is 1.99. The van der Waals surface area contributed by atoms with Gasteiger partial charge in [0.25, 0.3) is 0 Å². The van der Waals surface area contributed by atoms with E-state index in [0.29, 0.717) is 17.3 Å². The van der Waals surface area contributed by atoms with E-state index in [4.69, 9.17) is 3.79 Å². The molecule has 0 aliphatic heterocycles. The zero-order valence-corrected chi connectivity index (χ0v) is 11.6. The number of halogens is 1. The second-order valence-corrected chi connectivity index (χ2v) is 4.34. The lowest BCUT2D eigenvalue weighted by atomic mass is 10.3. The number of benzene rings is 1. The molecule has 0 unspecified atom stereocenters. The molecule has 0 spiro atoms. The summed E-state index contributed by atoms with van der Waals surface area (Å²) in [6.07, 6.45) is 3.40. The average Bonchev–Trinajstić information content (AvgIpc) is 3.14. The van der Waals surface area contributed by atoms with Crippen LogP contribution in [0.2, 0.25) is 0 Å². The van der Waals surface area contributed by atoms with Gasteiger partial charge in [-0.1, -0.05) is 18.2 Å². The molecule has 7 heteroatoms. The molecular formula is C13H10AlFN4O. The first-order chi connectivity index (χ1) is 9.81. The van der Waals surface area contributed by atoms with E-state index in [2.05, 4.69) is 26.8 Å². The van der Waals surface area contributed by atoms with Gasteiger partial charge in [0.05, 0.1) is 17.6 Å². The Balaban J connectivity index is 2.05. The summed E-state index contributed by atoms with van der Waals surface area (Å²) < 4.78 is 21.0. The lowest BCUT2D eigenvalue weighted by Crippen LogP contribution is -2.01. The van der Waals surface area contributed by atoms with Crippen molar-refractivity contribution in [1.82, 2.24) is 19.6 Å². The van der Waals surface area contributed by atoms with Gasteiger partial charge in [-0.2, -0.15) is 5.10 Å². The van der Waals surface area contributed by atoms with Crippen molar-refractivity contribution >= 4 is 16.6 Å². The van der Waals surface area contributed by atoms with Gasteiger partial charge < -0.3 is 3.79 Å². The minimum atomic E-state index is -0.608. The number of aromatic nitrogens is 4. The van der Waals surface area contributed by atoms with Crippen molar-refractivity contribution in [2.75, 3.05) is 0 Å². The Morgan fingerprint density at radius 2 is 1.90 bits per heavy atom. The molecule has 0 fully saturated rings. The highest BCUT2D eigenvalue weighted by Crippen LogP contribution is 2.22. The van der Waals surface area contributed by atoms with Crippen LogP contribution in [-0.4, -0.2) is 36.2 Å². The highest BCUT2D eigenvalue weighted by molar-refractivity contribution is 6.00. The summed E-state index contributed by atoms with van der Waals surface area (Å²) in [6, 6.07) is 11.2. The van der Waals surface area contributed by atoms with Crippen molar-refractivity contribution in [1.29, 1.82) is 0 Å². The Morgan fingerprint density at radius 1 is 1.10 bits per heavy atom. The molecule has 0 atom stereocenters. The molecule has 0 saturated heterocycles. The van der Waals surface area contributed by atoms with Crippen LogP contribution in [-0.2, 0) is 6.67 Å². The smallest absolute Gasteiger partial charge is 0.482 e. The SMILES string of the molecule is FCc1ccn(-c2nn(-c3ccccc3)cc2[O][Al])n1. The van der Waals surface area contributed by atoms with Crippen molar-refractivity contribution in [3.63, 3.8) is 0 Å². The fourth-order valence-corrected chi connectivity index (χ4v) is 2.02. The minimum absolute atomic E-state index is 0.356. The van der Waals surface area contributed by atoms with E-state index in [9.17, 15) is 4.39 Å². The van der Waals surface area contributed by atoms with Crippen LogP contribution in [0.1, 0.15) is 5.69 Å². The van der Waals surface area contributed by atoms with E-state index in [1.807, 2.05) is 30.3 Å². The van der Waals surface area contributed by atoms with Crippen molar-refractivity contribution in [2.45, 2.75) is 6.67 Å². The van der Waals surface area contributed by atoms with Gasteiger partial charge in [-0.05, 0) is 18.2 Å². The molecule has 2 aromatic heterocycles. The quantitative estimate of drug-likeness (QED) is 0.688. The Bertz CT molecular complexity index is 710. The zero-order valence-electron chi connectivity index (χ0n) is 10.5. The third-order valence-electron chi connectivity index (χ3n) is 2.81. The summed E-state index contributed by atoms with van der Waals surface area (Å²) in [5, 5.41) is 8.52. The zero-order chi connectivity index (χ0) is 13.9. The first-order valence-corrected chi connectivity index (χ1v) is 6.41. The third kappa shape index (κ3) is 2.33. The normalized spacial score (nSPS) is 10.7. The number of rotatable bonds is 4. The average molecular weight is 284 g/mol. The Kier molecular flexibility index (Phi) is 3.54. The lowest BCUT2D eigenvalue weighted by Gasteiger charge is -2.01. The van der Waals surface area contributed by atoms with Gasteiger partial charge in [0.2, 0.25) is 5.82 Å². The molecule has 0 saturated carbocycles. The van der Waals surface area contributed by atoms with Crippen molar-refractivity contribution < 1.29 is 8.18 Å².